The predicted molar refractivity (Wildman–Crippen MR) is 55.6 cm³/mol. The molecule has 0 aliphatic carbocycles. The van der Waals surface area contributed by atoms with Gasteiger partial charge in [-0.3, -0.25) is 4.90 Å². The minimum atomic E-state index is -0.151. The van der Waals surface area contributed by atoms with Gasteiger partial charge in [-0.25, -0.2) is 4.39 Å². The second-order valence-electron chi connectivity index (χ2n) is 3.97. The Labute approximate surface area is 84.5 Å². The second-order valence-corrected chi connectivity index (χ2v) is 3.97. The standard InChI is InChI=1S/C12H16FN/c1-10(14-8-2-3-9-14)11-4-6-12(13)7-5-11/h4-7,10H,2-3,8-9H2,1H3. The maximum Gasteiger partial charge on any atom is 0.123 e. The first-order valence-corrected chi connectivity index (χ1v) is 5.27. The molecule has 1 unspecified atom stereocenters. The topological polar surface area (TPSA) is 3.24 Å². The van der Waals surface area contributed by atoms with Gasteiger partial charge in [0.2, 0.25) is 0 Å². The van der Waals surface area contributed by atoms with Crippen LogP contribution in [-0.4, -0.2) is 18.0 Å². The minimum Gasteiger partial charge on any atom is -0.297 e. The fourth-order valence-corrected chi connectivity index (χ4v) is 2.08. The molecule has 0 amide bonds. The van der Waals surface area contributed by atoms with Crippen molar-refractivity contribution in [3.05, 3.63) is 35.6 Å². The Hall–Kier alpha value is -0.890. The van der Waals surface area contributed by atoms with Crippen molar-refractivity contribution in [1.82, 2.24) is 4.90 Å². The number of halogens is 1. The molecule has 1 nitrogen and oxygen atoms in total. The SMILES string of the molecule is CC(c1ccc(F)cc1)N1CCCC1. The number of hydrogen-bond donors (Lipinski definition) is 0. The maximum atomic E-state index is 12.7. The summed E-state index contributed by atoms with van der Waals surface area (Å²) >= 11 is 0. The molecule has 1 heterocycles. The summed E-state index contributed by atoms with van der Waals surface area (Å²) in [6, 6.07) is 7.29. The molecule has 0 aromatic heterocycles. The van der Waals surface area contributed by atoms with E-state index in [2.05, 4.69) is 11.8 Å². The van der Waals surface area contributed by atoms with Crippen LogP contribution in [0.2, 0.25) is 0 Å². The Morgan fingerprint density at radius 3 is 2.29 bits per heavy atom. The highest BCUT2D eigenvalue weighted by Crippen LogP contribution is 2.24. The van der Waals surface area contributed by atoms with Crippen LogP contribution in [0.3, 0.4) is 0 Å². The van der Waals surface area contributed by atoms with E-state index < -0.39 is 0 Å². The van der Waals surface area contributed by atoms with Gasteiger partial charge in [-0.15, -0.1) is 0 Å². The number of rotatable bonds is 2. The van der Waals surface area contributed by atoms with Crippen molar-refractivity contribution in [2.24, 2.45) is 0 Å². The molecule has 14 heavy (non-hydrogen) atoms. The Morgan fingerprint density at radius 1 is 1.14 bits per heavy atom. The zero-order valence-electron chi connectivity index (χ0n) is 8.54. The molecular formula is C12H16FN. The van der Waals surface area contributed by atoms with Gasteiger partial charge < -0.3 is 0 Å². The number of hydrogen-bond acceptors (Lipinski definition) is 1. The van der Waals surface area contributed by atoms with Crippen LogP contribution in [0.15, 0.2) is 24.3 Å². The van der Waals surface area contributed by atoms with E-state index in [4.69, 9.17) is 0 Å². The first-order chi connectivity index (χ1) is 6.77. The molecule has 76 valence electrons. The monoisotopic (exact) mass is 193 g/mol. The summed E-state index contributed by atoms with van der Waals surface area (Å²) in [4.78, 5) is 2.45. The van der Waals surface area contributed by atoms with Gasteiger partial charge >= 0.3 is 0 Å². The fourth-order valence-electron chi connectivity index (χ4n) is 2.08. The summed E-state index contributed by atoms with van der Waals surface area (Å²) in [5, 5.41) is 0. The van der Waals surface area contributed by atoms with Gasteiger partial charge in [0.05, 0.1) is 0 Å². The lowest BCUT2D eigenvalue weighted by Crippen LogP contribution is -2.23. The van der Waals surface area contributed by atoms with E-state index in [1.807, 2.05) is 12.1 Å². The summed E-state index contributed by atoms with van der Waals surface area (Å²) in [6.07, 6.45) is 2.59. The highest BCUT2D eigenvalue weighted by molar-refractivity contribution is 5.19. The Kier molecular flexibility index (Phi) is 2.82. The van der Waals surface area contributed by atoms with Gasteiger partial charge in [-0.05, 0) is 50.6 Å². The van der Waals surface area contributed by atoms with Crippen LogP contribution in [0.5, 0.6) is 0 Å². The lowest BCUT2D eigenvalue weighted by Gasteiger charge is -2.23. The zero-order valence-corrected chi connectivity index (χ0v) is 8.54. The van der Waals surface area contributed by atoms with Crippen molar-refractivity contribution in [3.63, 3.8) is 0 Å². The van der Waals surface area contributed by atoms with E-state index in [0.717, 1.165) is 0 Å². The van der Waals surface area contributed by atoms with Crippen LogP contribution >= 0.6 is 0 Å². The molecular weight excluding hydrogens is 177 g/mol. The molecule has 0 saturated carbocycles. The molecule has 0 N–H and O–H groups in total. The molecule has 1 atom stereocenters. The predicted octanol–water partition coefficient (Wildman–Crippen LogP) is 2.98. The largest absolute Gasteiger partial charge is 0.297 e. The smallest absolute Gasteiger partial charge is 0.123 e. The van der Waals surface area contributed by atoms with Crippen LogP contribution < -0.4 is 0 Å². The van der Waals surface area contributed by atoms with Crippen molar-refractivity contribution >= 4 is 0 Å². The molecule has 0 spiro atoms. The van der Waals surface area contributed by atoms with Crippen LogP contribution in [0.25, 0.3) is 0 Å². The summed E-state index contributed by atoms with van der Waals surface area (Å²) in [5.74, 6) is -0.151. The first-order valence-electron chi connectivity index (χ1n) is 5.27. The summed E-state index contributed by atoms with van der Waals surface area (Å²) < 4.78 is 12.7. The van der Waals surface area contributed by atoms with Gasteiger partial charge in [0.1, 0.15) is 5.82 Å². The van der Waals surface area contributed by atoms with Crippen LogP contribution in [-0.2, 0) is 0 Å². The average Bonchev–Trinajstić information content (AvgIpc) is 2.71. The number of benzene rings is 1. The van der Waals surface area contributed by atoms with Gasteiger partial charge in [-0.1, -0.05) is 12.1 Å². The number of likely N-dealkylation sites (tertiary alicyclic amines) is 1. The van der Waals surface area contributed by atoms with E-state index in [0.29, 0.717) is 6.04 Å². The summed E-state index contributed by atoms with van der Waals surface area (Å²) in [5.41, 5.74) is 1.22. The van der Waals surface area contributed by atoms with Crippen LogP contribution in [0.4, 0.5) is 4.39 Å². The minimum absolute atomic E-state index is 0.151. The molecule has 1 saturated heterocycles. The Bertz CT molecular complexity index is 288. The van der Waals surface area contributed by atoms with Gasteiger partial charge in [0, 0.05) is 6.04 Å². The third kappa shape index (κ3) is 1.95. The quantitative estimate of drug-likeness (QED) is 0.698. The number of nitrogens with zero attached hydrogens (tertiary/aromatic N) is 1. The highest BCUT2D eigenvalue weighted by Gasteiger charge is 2.18. The molecule has 0 bridgehead atoms. The van der Waals surface area contributed by atoms with E-state index >= 15 is 0 Å². The molecule has 1 aromatic carbocycles. The third-order valence-corrected chi connectivity index (χ3v) is 3.04. The summed E-state index contributed by atoms with van der Waals surface area (Å²) in [7, 11) is 0. The molecule has 2 rings (SSSR count). The molecule has 1 aromatic rings. The normalized spacial score (nSPS) is 19.9. The lowest BCUT2D eigenvalue weighted by atomic mass is 10.1. The van der Waals surface area contributed by atoms with Crippen LogP contribution in [0, 0.1) is 5.82 Å². The third-order valence-electron chi connectivity index (χ3n) is 3.04. The van der Waals surface area contributed by atoms with E-state index in [1.54, 1.807) is 12.1 Å². The van der Waals surface area contributed by atoms with Crippen molar-refractivity contribution < 1.29 is 4.39 Å². The van der Waals surface area contributed by atoms with Gasteiger partial charge in [0.15, 0.2) is 0 Å². The Balaban J connectivity index is 2.09. The zero-order chi connectivity index (χ0) is 9.97. The van der Waals surface area contributed by atoms with Crippen molar-refractivity contribution in [1.29, 1.82) is 0 Å². The second kappa shape index (κ2) is 4.09. The van der Waals surface area contributed by atoms with E-state index in [1.165, 1.54) is 31.5 Å². The average molecular weight is 193 g/mol. The van der Waals surface area contributed by atoms with Crippen LogP contribution in [0.1, 0.15) is 31.4 Å². The fraction of sp³-hybridized carbons (Fsp3) is 0.500. The Morgan fingerprint density at radius 2 is 1.71 bits per heavy atom. The van der Waals surface area contributed by atoms with Gasteiger partial charge in [-0.2, -0.15) is 0 Å². The first kappa shape index (κ1) is 9.66. The highest BCUT2D eigenvalue weighted by atomic mass is 19.1. The maximum absolute atomic E-state index is 12.7. The van der Waals surface area contributed by atoms with Gasteiger partial charge in [0.25, 0.3) is 0 Å². The molecule has 1 fully saturated rings. The van der Waals surface area contributed by atoms with Crippen molar-refractivity contribution in [2.75, 3.05) is 13.1 Å². The molecule has 1 aliphatic rings. The lowest BCUT2D eigenvalue weighted by molar-refractivity contribution is 0.263. The van der Waals surface area contributed by atoms with E-state index in [-0.39, 0.29) is 5.82 Å². The molecule has 1 aliphatic heterocycles. The summed E-state index contributed by atoms with van der Waals surface area (Å²) in [6.45, 7) is 4.55. The van der Waals surface area contributed by atoms with E-state index in [9.17, 15) is 4.39 Å². The van der Waals surface area contributed by atoms with Crippen molar-refractivity contribution in [2.45, 2.75) is 25.8 Å². The molecule has 2 heteroatoms. The van der Waals surface area contributed by atoms with Crippen molar-refractivity contribution in [3.8, 4) is 0 Å². The molecule has 0 radical (unpaired) electrons.